The molecule has 398 valence electrons. The Morgan fingerprint density at radius 3 is 0.812 bits per heavy atom. The molecule has 0 spiro atoms. The van der Waals surface area contributed by atoms with Crippen molar-refractivity contribution in [3.05, 3.63) is 244 Å². The Morgan fingerprint density at radius 2 is 0.529 bits per heavy atom. The second-order valence-electron chi connectivity index (χ2n) is 19.8. The van der Waals surface area contributed by atoms with Crippen LogP contribution in [-0.2, 0) is 12.4 Å². The monoisotopic (exact) mass is 1110 g/mol. The third-order valence-electron chi connectivity index (χ3n) is 14.4. The summed E-state index contributed by atoms with van der Waals surface area (Å²) in [6.07, 6.45) is -10.3. The largest absolute Gasteiger partial charge is 0.416 e. The average Bonchev–Trinajstić information content (AvgIpc) is 1.80. The fraction of sp³-hybridized carbons (Fsp3) is 0.0286. The number of nitrogens with zero attached hydrogens (tertiary/aromatic N) is 9. The van der Waals surface area contributed by atoms with Gasteiger partial charge in [0.05, 0.1) is 121 Å². The third kappa shape index (κ3) is 10.6. The minimum Gasteiger partial charge on any atom is -0.309 e. The minimum absolute atomic E-state index is 0.0427. The van der Waals surface area contributed by atoms with Gasteiger partial charge in [-0.15, -0.1) is 0 Å². The molecule has 0 atom stereocenters. The van der Waals surface area contributed by atoms with Gasteiger partial charge in [0.25, 0.3) is 0 Å². The highest BCUT2D eigenvalue weighted by Gasteiger charge is 2.37. The van der Waals surface area contributed by atoms with E-state index < -0.39 is 23.5 Å². The summed E-state index contributed by atoms with van der Waals surface area (Å²) < 4.78 is 88.6. The first kappa shape index (κ1) is 54.5. The second kappa shape index (κ2) is 21.5. The van der Waals surface area contributed by atoms with Crippen molar-refractivity contribution >= 4 is 21.8 Å². The zero-order chi connectivity index (χ0) is 59.9. The molecule has 0 unspecified atom stereocenters. The van der Waals surface area contributed by atoms with Gasteiger partial charge in [0.15, 0.2) is 0 Å². The van der Waals surface area contributed by atoms with Gasteiger partial charge in [-0.05, 0) is 230 Å². The van der Waals surface area contributed by atoms with Crippen LogP contribution in [0.4, 0.5) is 26.3 Å². The minimum atomic E-state index is -5.14. The van der Waals surface area contributed by atoms with E-state index in [1.807, 2.05) is 48.5 Å². The van der Waals surface area contributed by atoms with Crippen molar-refractivity contribution in [1.29, 1.82) is 42.1 Å². The average molecular weight is 1110 g/mol. The molecule has 85 heavy (non-hydrogen) atoms. The van der Waals surface area contributed by atoms with Crippen LogP contribution in [0.5, 0.6) is 0 Å². The van der Waals surface area contributed by atoms with E-state index in [1.165, 1.54) is 36.4 Å². The molecule has 15 heteroatoms. The van der Waals surface area contributed by atoms with Crippen LogP contribution >= 0.6 is 0 Å². The number of hydrogen-bond acceptors (Lipinski definition) is 8. The maximum Gasteiger partial charge on any atom is 0.416 e. The summed E-state index contributed by atoms with van der Waals surface area (Å²) in [7, 11) is 0. The molecule has 0 aliphatic carbocycles. The number of benzene rings is 10. The summed E-state index contributed by atoms with van der Waals surface area (Å²) in [6.45, 7) is 0. The SMILES string of the molecule is N#Cc1cc(C#N)cc(-c2cc(-c3cc(C#N)cc(C#N)c3)cc(-c3ccc4c(c3)c3cc(-c5cc(-c6cc(C#N)cc(C#N)c6)cc(-c6cc(C#N)cc(C#N)c6)c5)ccc3n4-c3ccccc3-c3cc(C(F)(F)F)cc(C(F)(F)F)c3)c2)c1. The molecule has 0 radical (unpaired) electrons. The van der Waals surface area contributed by atoms with Crippen molar-refractivity contribution in [2.24, 2.45) is 0 Å². The highest BCUT2D eigenvalue weighted by molar-refractivity contribution is 6.12. The number of nitriles is 8. The maximum atomic E-state index is 14.5. The molecule has 0 N–H and O–H groups in total. The highest BCUT2D eigenvalue weighted by atomic mass is 19.4. The fourth-order valence-corrected chi connectivity index (χ4v) is 10.6. The summed E-state index contributed by atoms with van der Waals surface area (Å²) in [5.41, 5.74) is 6.21. The molecular formula is C70H31F6N9. The first-order chi connectivity index (χ1) is 40.9. The molecule has 0 saturated carbocycles. The lowest BCUT2D eigenvalue weighted by Gasteiger charge is -2.18. The quantitative estimate of drug-likeness (QED) is 0.134. The molecule has 0 fully saturated rings. The lowest BCUT2D eigenvalue weighted by atomic mass is 9.90. The standard InChI is InChI=1S/C70H31F6N9/c71-69(72,73)61-27-60(28-62(31-61)70(74,75)76)63-3-1-2-4-66(63)85-67-7-5-48(54-21-56(50-13-40(32-77)9-41(14-50)33-78)25-57(22-54)51-15-42(34-79)10-43(16-51)35-80)29-64(67)65-30-49(6-8-68(65)85)55-23-58(52-17-44(36-81)11-45(18-52)37-82)26-59(24-55)53-19-46(38-83)12-47(20-53)39-84/h1-31H. The second-order valence-corrected chi connectivity index (χ2v) is 19.8. The molecule has 0 aliphatic rings. The van der Waals surface area contributed by atoms with Crippen molar-refractivity contribution in [1.82, 2.24) is 4.57 Å². The Kier molecular flexibility index (Phi) is 13.8. The molecule has 1 heterocycles. The van der Waals surface area contributed by atoms with Crippen LogP contribution in [-0.4, -0.2) is 4.57 Å². The van der Waals surface area contributed by atoms with Crippen molar-refractivity contribution in [3.8, 4) is 132 Å². The molecule has 11 aromatic rings. The number of alkyl halides is 6. The number of halogens is 6. The van der Waals surface area contributed by atoms with E-state index in [4.69, 9.17) is 0 Å². The normalized spacial score (nSPS) is 11.1. The third-order valence-corrected chi connectivity index (χ3v) is 14.4. The molecular weight excluding hydrogens is 1080 g/mol. The Hall–Kier alpha value is -12.5. The number of fused-ring (bicyclic) bond motifs is 3. The number of aromatic nitrogens is 1. The Balaban J connectivity index is 1.21. The maximum absolute atomic E-state index is 14.5. The van der Waals surface area contributed by atoms with Gasteiger partial charge in [-0.3, -0.25) is 0 Å². The molecule has 10 aromatic carbocycles. The van der Waals surface area contributed by atoms with Crippen molar-refractivity contribution in [2.45, 2.75) is 12.4 Å². The number of para-hydroxylation sites is 1. The van der Waals surface area contributed by atoms with Crippen LogP contribution in [0.3, 0.4) is 0 Å². The van der Waals surface area contributed by atoms with Crippen LogP contribution in [0.1, 0.15) is 55.6 Å². The lowest BCUT2D eigenvalue weighted by molar-refractivity contribution is -0.143. The number of rotatable bonds is 8. The van der Waals surface area contributed by atoms with E-state index in [0.29, 0.717) is 101 Å². The number of hydrogen-bond donors (Lipinski definition) is 0. The summed E-state index contributed by atoms with van der Waals surface area (Å²) in [4.78, 5) is 0. The summed E-state index contributed by atoms with van der Waals surface area (Å²) in [6, 6.07) is 65.2. The van der Waals surface area contributed by atoms with Crippen molar-refractivity contribution in [2.75, 3.05) is 0 Å². The Labute approximate surface area is 480 Å². The predicted octanol–water partition coefficient (Wildman–Crippen LogP) is 17.5. The zero-order valence-electron chi connectivity index (χ0n) is 43.7. The van der Waals surface area contributed by atoms with E-state index >= 15 is 0 Å². The molecule has 0 bridgehead atoms. The van der Waals surface area contributed by atoms with Crippen LogP contribution in [0.15, 0.2) is 188 Å². The van der Waals surface area contributed by atoms with Gasteiger partial charge in [0.2, 0.25) is 0 Å². The Morgan fingerprint density at radius 1 is 0.259 bits per heavy atom. The lowest BCUT2D eigenvalue weighted by Crippen LogP contribution is -2.11. The van der Waals surface area contributed by atoms with Gasteiger partial charge >= 0.3 is 12.4 Å². The Bertz CT molecular complexity index is 4440. The predicted molar refractivity (Wildman–Crippen MR) is 307 cm³/mol. The van der Waals surface area contributed by atoms with Crippen molar-refractivity contribution in [3.63, 3.8) is 0 Å². The van der Waals surface area contributed by atoms with Gasteiger partial charge in [0, 0.05) is 16.3 Å². The van der Waals surface area contributed by atoms with Gasteiger partial charge in [-0.25, -0.2) is 0 Å². The summed E-state index contributed by atoms with van der Waals surface area (Å²) in [5, 5.41) is 81.1. The molecule has 0 aliphatic heterocycles. The van der Waals surface area contributed by atoms with E-state index in [-0.39, 0.29) is 67.4 Å². The van der Waals surface area contributed by atoms with Crippen molar-refractivity contribution < 1.29 is 26.3 Å². The van der Waals surface area contributed by atoms with Gasteiger partial charge in [0.1, 0.15) is 0 Å². The van der Waals surface area contributed by atoms with E-state index in [0.717, 1.165) is 0 Å². The summed E-state index contributed by atoms with van der Waals surface area (Å²) >= 11 is 0. The van der Waals surface area contributed by atoms with Crippen LogP contribution in [0.25, 0.3) is 105 Å². The fourth-order valence-electron chi connectivity index (χ4n) is 10.6. The van der Waals surface area contributed by atoms with E-state index in [2.05, 4.69) is 48.6 Å². The van der Waals surface area contributed by atoms with E-state index in [1.54, 1.807) is 89.5 Å². The first-order valence-electron chi connectivity index (χ1n) is 25.5. The smallest absolute Gasteiger partial charge is 0.309 e. The van der Waals surface area contributed by atoms with Gasteiger partial charge in [-0.2, -0.15) is 68.4 Å². The molecule has 9 nitrogen and oxygen atoms in total. The first-order valence-corrected chi connectivity index (χ1v) is 25.5. The zero-order valence-corrected chi connectivity index (χ0v) is 43.7. The molecule has 11 rings (SSSR count). The van der Waals surface area contributed by atoms with Crippen LogP contribution in [0.2, 0.25) is 0 Å². The van der Waals surface area contributed by atoms with Crippen LogP contribution in [0, 0.1) is 90.6 Å². The topological polar surface area (TPSA) is 195 Å². The molecule has 0 amide bonds. The van der Waals surface area contributed by atoms with Gasteiger partial charge < -0.3 is 4.57 Å². The molecule has 0 saturated heterocycles. The highest BCUT2D eigenvalue weighted by Crippen LogP contribution is 2.45. The molecule has 1 aromatic heterocycles. The van der Waals surface area contributed by atoms with Crippen LogP contribution < -0.4 is 0 Å². The van der Waals surface area contributed by atoms with Gasteiger partial charge in [-0.1, -0.05) is 30.3 Å². The van der Waals surface area contributed by atoms with E-state index in [9.17, 15) is 68.4 Å². The summed E-state index contributed by atoms with van der Waals surface area (Å²) in [5.74, 6) is 0.